The minimum Gasteiger partial charge on any atom is -0.378 e. The number of hydrogen-bond donors (Lipinski definition) is 0. The summed E-state index contributed by atoms with van der Waals surface area (Å²) in [6.45, 7) is 3.61. The number of para-hydroxylation sites is 1. The van der Waals surface area contributed by atoms with E-state index >= 15 is 0 Å². The van der Waals surface area contributed by atoms with Gasteiger partial charge in [-0.15, -0.1) is 0 Å². The van der Waals surface area contributed by atoms with Gasteiger partial charge in [0.25, 0.3) is 5.56 Å². The van der Waals surface area contributed by atoms with Crippen molar-refractivity contribution in [2.24, 2.45) is 0 Å². The Morgan fingerprint density at radius 3 is 2.55 bits per heavy atom. The summed E-state index contributed by atoms with van der Waals surface area (Å²) < 4.78 is 7.71. The molecule has 2 heterocycles. The zero-order valence-corrected chi connectivity index (χ0v) is 16.7. The van der Waals surface area contributed by atoms with E-state index in [1.807, 2.05) is 6.92 Å². The Kier molecular flexibility index (Phi) is 5.25. The summed E-state index contributed by atoms with van der Waals surface area (Å²) in [5.41, 5.74) is 0.621. The number of ether oxygens (including phenoxy) is 1. The lowest BCUT2D eigenvalue weighted by Crippen LogP contribution is -2.45. The highest BCUT2D eigenvalue weighted by molar-refractivity contribution is 6.31. The molecule has 0 atom stereocenters. The van der Waals surface area contributed by atoms with Gasteiger partial charge in [0.15, 0.2) is 0 Å². The number of nitrogens with zero attached hydrogens (tertiary/aromatic N) is 3. The lowest BCUT2D eigenvalue weighted by molar-refractivity contribution is -0.135. The Hall–Kier alpha value is -2.90. The van der Waals surface area contributed by atoms with Crippen LogP contribution in [0.4, 0.5) is 0 Å². The first-order valence-electron chi connectivity index (χ1n) is 9.34. The third-order valence-electron chi connectivity index (χ3n) is 5.12. The molecule has 0 N–H and O–H groups in total. The number of hydrogen-bond acceptors (Lipinski definition) is 4. The molecule has 150 valence electrons. The van der Waals surface area contributed by atoms with Gasteiger partial charge in [-0.3, -0.25) is 14.2 Å². The molecule has 8 heteroatoms. The van der Waals surface area contributed by atoms with Crippen molar-refractivity contribution in [3.8, 4) is 5.69 Å². The second kappa shape index (κ2) is 7.85. The Balaban J connectivity index is 1.89. The fourth-order valence-electron chi connectivity index (χ4n) is 3.47. The number of aryl methyl sites for hydroxylation is 1. The topological polar surface area (TPSA) is 73.5 Å². The number of amides is 1. The van der Waals surface area contributed by atoms with Gasteiger partial charge in [0.1, 0.15) is 6.54 Å². The van der Waals surface area contributed by atoms with Crippen molar-refractivity contribution in [1.82, 2.24) is 14.0 Å². The molecule has 1 fully saturated rings. The molecule has 0 radical (unpaired) electrons. The van der Waals surface area contributed by atoms with E-state index in [9.17, 15) is 14.4 Å². The first-order valence-corrected chi connectivity index (χ1v) is 9.72. The predicted molar refractivity (Wildman–Crippen MR) is 111 cm³/mol. The van der Waals surface area contributed by atoms with Crippen LogP contribution in [0.15, 0.2) is 52.1 Å². The van der Waals surface area contributed by atoms with E-state index in [4.69, 9.17) is 16.3 Å². The molecule has 0 bridgehead atoms. The van der Waals surface area contributed by atoms with Crippen LogP contribution in [0.3, 0.4) is 0 Å². The van der Waals surface area contributed by atoms with E-state index in [1.54, 1.807) is 47.4 Å². The number of halogens is 1. The van der Waals surface area contributed by atoms with Crippen molar-refractivity contribution >= 4 is 28.4 Å². The van der Waals surface area contributed by atoms with Crippen molar-refractivity contribution in [3.05, 3.63) is 73.9 Å². The second-order valence-corrected chi connectivity index (χ2v) is 7.36. The molecule has 0 saturated carbocycles. The van der Waals surface area contributed by atoms with Crippen molar-refractivity contribution < 1.29 is 9.53 Å². The van der Waals surface area contributed by atoms with Crippen LogP contribution < -0.4 is 11.2 Å². The van der Waals surface area contributed by atoms with Crippen LogP contribution in [0, 0.1) is 6.92 Å². The lowest BCUT2D eigenvalue weighted by atomic mass is 10.2. The Labute approximate surface area is 171 Å². The lowest BCUT2D eigenvalue weighted by Gasteiger charge is -2.27. The summed E-state index contributed by atoms with van der Waals surface area (Å²) in [6, 6.07) is 11.8. The molecular weight excluding hydrogens is 394 g/mol. The van der Waals surface area contributed by atoms with Gasteiger partial charge in [0.05, 0.1) is 29.8 Å². The van der Waals surface area contributed by atoms with Gasteiger partial charge in [0, 0.05) is 18.1 Å². The minimum atomic E-state index is -0.574. The smallest absolute Gasteiger partial charge is 0.336 e. The van der Waals surface area contributed by atoms with Crippen molar-refractivity contribution in [1.29, 1.82) is 0 Å². The molecule has 29 heavy (non-hydrogen) atoms. The SMILES string of the molecule is Cc1ccc(-n2c(=O)c3ccccc3n(CC(=O)N3CCOCC3)c2=O)cc1Cl. The number of benzene rings is 2. The molecule has 1 aliphatic rings. The molecule has 1 aromatic heterocycles. The molecule has 1 aliphatic heterocycles. The predicted octanol–water partition coefficient (Wildman–Crippen LogP) is 1.97. The summed E-state index contributed by atoms with van der Waals surface area (Å²) in [7, 11) is 0. The first-order chi connectivity index (χ1) is 14.0. The molecule has 1 amide bonds. The van der Waals surface area contributed by atoms with Gasteiger partial charge in [-0.1, -0.05) is 29.8 Å². The van der Waals surface area contributed by atoms with E-state index in [0.717, 1.165) is 10.1 Å². The van der Waals surface area contributed by atoms with Crippen LogP contribution in [-0.2, 0) is 16.1 Å². The number of carbonyl (C=O) groups is 1. The highest BCUT2D eigenvalue weighted by Crippen LogP contribution is 2.18. The van der Waals surface area contributed by atoms with E-state index in [0.29, 0.717) is 47.9 Å². The number of fused-ring (bicyclic) bond motifs is 1. The van der Waals surface area contributed by atoms with Crippen molar-refractivity contribution in [2.45, 2.75) is 13.5 Å². The van der Waals surface area contributed by atoms with E-state index < -0.39 is 11.2 Å². The summed E-state index contributed by atoms with van der Waals surface area (Å²) in [5, 5.41) is 0.816. The zero-order valence-electron chi connectivity index (χ0n) is 15.9. The van der Waals surface area contributed by atoms with E-state index in [1.165, 1.54) is 4.57 Å². The average molecular weight is 414 g/mol. The highest BCUT2D eigenvalue weighted by Gasteiger charge is 2.21. The normalized spacial score (nSPS) is 14.3. The number of carbonyl (C=O) groups excluding carboxylic acids is 1. The Bertz CT molecular complexity index is 1210. The fraction of sp³-hybridized carbons (Fsp3) is 0.286. The van der Waals surface area contributed by atoms with Crippen LogP contribution in [0.25, 0.3) is 16.6 Å². The molecule has 3 aromatic rings. The van der Waals surface area contributed by atoms with E-state index in [-0.39, 0.29) is 12.5 Å². The third kappa shape index (κ3) is 3.59. The van der Waals surface area contributed by atoms with Gasteiger partial charge in [0.2, 0.25) is 5.91 Å². The summed E-state index contributed by atoms with van der Waals surface area (Å²) in [4.78, 5) is 40.9. The first kappa shape index (κ1) is 19.4. The zero-order chi connectivity index (χ0) is 20.5. The molecule has 0 unspecified atom stereocenters. The van der Waals surface area contributed by atoms with Gasteiger partial charge >= 0.3 is 5.69 Å². The van der Waals surface area contributed by atoms with Crippen molar-refractivity contribution in [2.75, 3.05) is 26.3 Å². The molecule has 1 saturated heterocycles. The third-order valence-corrected chi connectivity index (χ3v) is 5.53. The quantitative estimate of drug-likeness (QED) is 0.658. The molecular formula is C21H20ClN3O4. The molecule has 4 rings (SSSR count). The van der Waals surface area contributed by atoms with Crippen LogP contribution in [0.5, 0.6) is 0 Å². The van der Waals surface area contributed by atoms with Crippen LogP contribution >= 0.6 is 11.6 Å². The molecule has 2 aromatic carbocycles. The number of morpholine rings is 1. The Morgan fingerprint density at radius 1 is 1.10 bits per heavy atom. The van der Waals surface area contributed by atoms with E-state index in [2.05, 4.69) is 0 Å². The summed E-state index contributed by atoms with van der Waals surface area (Å²) >= 11 is 6.22. The van der Waals surface area contributed by atoms with Gasteiger partial charge in [-0.05, 0) is 36.8 Å². The van der Waals surface area contributed by atoms with Crippen LogP contribution in [0.1, 0.15) is 5.56 Å². The summed E-state index contributed by atoms with van der Waals surface area (Å²) in [6.07, 6.45) is 0. The van der Waals surface area contributed by atoms with Gasteiger partial charge < -0.3 is 9.64 Å². The number of aromatic nitrogens is 2. The highest BCUT2D eigenvalue weighted by atomic mass is 35.5. The second-order valence-electron chi connectivity index (χ2n) is 6.95. The fourth-order valence-corrected chi connectivity index (χ4v) is 3.65. The van der Waals surface area contributed by atoms with Crippen molar-refractivity contribution in [3.63, 3.8) is 0 Å². The monoisotopic (exact) mass is 413 g/mol. The maximum atomic E-state index is 13.3. The molecule has 7 nitrogen and oxygen atoms in total. The molecule has 0 spiro atoms. The minimum absolute atomic E-state index is 0.154. The Morgan fingerprint density at radius 2 is 1.83 bits per heavy atom. The average Bonchev–Trinajstić information content (AvgIpc) is 2.74. The number of rotatable bonds is 3. The van der Waals surface area contributed by atoms with Crippen LogP contribution in [0.2, 0.25) is 5.02 Å². The maximum Gasteiger partial charge on any atom is 0.336 e. The van der Waals surface area contributed by atoms with Gasteiger partial charge in [-0.25, -0.2) is 9.36 Å². The summed E-state index contributed by atoms with van der Waals surface area (Å²) in [5.74, 6) is -0.187. The van der Waals surface area contributed by atoms with Gasteiger partial charge in [-0.2, -0.15) is 0 Å². The standard InChI is InChI=1S/C21H20ClN3O4/c1-14-6-7-15(12-17(14)22)25-20(27)16-4-2-3-5-18(16)24(21(25)28)13-19(26)23-8-10-29-11-9-23/h2-7,12H,8-11,13H2,1H3. The maximum absolute atomic E-state index is 13.3. The van der Waals surface area contributed by atoms with Crippen LogP contribution in [-0.4, -0.2) is 46.2 Å². The molecule has 0 aliphatic carbocycles. The largest absolute Gasteiger partial charge is 0.378 e.